The Hall–Kier alpha value is -11.9. The van der Waals surface area contributed by atoms with E-state index >= 15 is 0 Å². The standard InChI is InChI=1S/C30H30ClN5O.C23H17BrClN5O.C22H23BrClN3O.C17H14BrClN2O2.C8H8BN2O2.C6H15N.CH5N/c1-18(2)20-9-5-6-10-26(20)36-27-16-21(28-19(3)11-12-25-23(28)17-32-34-25)24(31)15-22(27)29(33-30(36)37)35-13-7-4-8-14-35;1-13(2)14-7-3-5-9-19(14)29-21-12-16(24)17(25)11-15(21)22(26-23(29)31)30-20-10-6-4-8-18(20)27-28-30;1-14(2)15-8-4-5-9-19(15)27-20-13-17(23)18(24)12-16(20)21(25-22(27)28)26-10-6-3-7-11-26;1-9(2)10-5-3-4-6-14(10)21-15-8-12(18)13(19)7-11(15)16(22)20-17(21)23;1-5-2-3-7-6(4-10-11-7)8(5)13-9-12;1-4-7(5-2)6-3;1-2/h5-6,9-12,15-18H,4,7-8,13-14H2,1-3H3,(H,32,34);3-13H,1-2H3;4-5,8-9,12-14H,3,6-7,10-11H2,1-2H3;3-9H,1-2H3,(H,20,22,23);2-4,12H,1H3,(H,10,11);4-6H2,1-3H3;2H2,1H3. The van der Waals surface area contributed by atoms with Crippen LogP contribution in [0, 0.1) is 13.8 Å². The van der Waals surface area contributed by atoms with Gasteiger partial charge in [-0.05, 0) is 287 Å². The van der Waals surface area contributed by atoms with E-state index in [1.165, 1.54) is 44.1 Å². The Morgan fingerprint density at radius 1 is 0.433 bits per heavy atom. The lowest BCUT2D eigenvalue weighted by atomic mass is 9.95. The normalized spacial score (nSPS) is 12.6. The van der Waals surface area contributed by atoms with Crippen LogP contribution < -0.4 is 48.5 Å². The maximum Gasteiger partial charge on any atom is 0.569 e. The highest BCUT2D eigenvalue weighted by Gasteiger charge is 2.28. The Kier molecular flexibility index (Phi) is 35.2. The summed E-state index contributed by atoms with van der Waals surface area (Å²) in [6.07, 6.45) is 10.4. The molecule has 9 heterocycles. The van der Waals surface area contributed by atoms with Crippen molar-refractivity contribution in [2.24, 2.45) is 5.73 Å². The fourth-order valence-electron chi connectivity index (χ4n) is 18.1. The number of hydrogen-bond donors (Lipinski definition) is 5. The number of rotatable bonds is 17. The van der Waals surface area contributed by atoms with Gasteiger partial charge >= 0.3 is 30.4 Å². The van der Waals surface area contributed by atoms with E-state index in [0.717, 1.165) is 190 Å². The molecule has 6 N–H and O–H groups in total. The van der Waals surface area contributed by atoms with E-state index < -0.39 is 16.9 Å². The third-order valence-corrected chi connectivity index (χ3v) is 29.1. The Balaban J connectivity index is 0.000000141. The number of benzene rings is 11. The number of nitrogens with two attached hydrogens (primary N) is 1. The van der Waals surface area contributed by atoms with Gasteiger partial charge in [-0.15, -0.1) is 5.10 Å². The summed E-state index contributed by atoms with van der Waals surface area (Å²) in [6.45, 7) is 34.6. The monoisotopic (exact) mass is 2160 g/mol. The number of para-hydroxylation sites is 5. The molecule has 0 amide bonds. The van der Waals surface area contributed by atoms with Crippen molar-refractivity contribution >= 4 is 190 Å². The lowest BCUT2D eigenvalue weighted by Gasteiger charge is -2.29. The van der Waals surface area contributed by atoms with Crippen molar-refractivity contribution in [3.8, 4) is 45.4 Å². The van der Waals surface area contributed by atoms with Crippen LogP contribution in [0.5, 0.6) is 5.75 Å². The molecular formula is C107H112BBr3Cl4N19O7. The minimum absolute atomic E-state index is 0.229. The maximum atomic E-state index is 13.8. The molecule has 7 aromatic heterocycles. The summed E-state index contributed by atoms with van der Waals surface area (Å²) in [6, 6.07) is 61.9. The molecule has 0 aliphatic carbocycles. The molecule has 26 nitrogen and oxygen atoms in total. The predicted octanol–water partition coefficient (Wildman–Crippen LogP) is 24.5. The lowest BCUT2D eigenvalue weighted by molar-refractivity contribution is 0.321. The average molecular weight is 2170 g/mol. The summed E-state index contributed by atoms with van der Waals surface area (Å²) in [5.74, 6) is 3.49. The van der Waals surface area contributed by atoms with Gasteiger partial charge in [-0.1, -0.05) is 225 Å². The second kappa shape index (κ2) is 47.3. The van der Waals surface area contributed by atoms with E-state index in [1.807, 2.05) is 165 Å². The van der Waals surface area contributed by atoms with Gasteiger partial charge in [-0.2, -0.15) is 29.8 Å². The number of nitrogens with zero attached hydrogens (tertiary/aromatic N) is 15. The zero-order valence-corrected chi connectivity index (χ0v) is 88.8. The molecule has 11 aromatic carbocycles. The number of H-pyrrole nitrogens is 3. The number of anilines is 2. The first-order chi connectivity index (χ1) is 67.9. The number of aromatic amines is 3. The molecule has 0 spiro atoms. The highest BCUT2D eigenvalue weighted by Crippen LogP contribution is 2.43. The highest BCUT2D eigenvalue weighted by atomic mass is 79.9. The molecule has 2 saturated heterocycles. The largest absolute Gasteiger partial charge is 0.569 e. The topological polar surface area (TPSA) is 313 Å². The molecule has 34 heteroatoms. The molecule has 20 rings (SSSR count). The number of hydrogen-bond acceptors (Lipinski definition) is 18. The number of piperidine rings is 2. The van der Waals surface area contributed by atoms with Gasteiger partial charge in [0.15, 0.2) is 5.82 Å². The van der Waals surface area contributed by atoms with E-state index in [9.17, 15) is 24.0 Å². The van der Waals surface area contributed by atoms with Gasteiger partial charge < -0.3 is 30.1 Å². The number of fused-ring (bicyclic) bond motifs is 7. The summed E-state index contributed by atoms with van der Waals surface area (Å²) < 4.78 is 15.3. The van der Waals surface area contributed by atoms with Gasteiger partial charge in [0.25, 0.3) is 5.56 Å². The molecule has 0 saturated carbocycles. The fourth-order valence-corrected chi connectivity index (χ4v) is 19.8. The van der Waals surface area contributed by atoms with Gasteiger partial charge in [0.1, 0.15) is 22.9 Å². The van der Waals surface area contributed by atoms with E-state index in [2.05, 4.69) is 226 Å². The molecule has 2 fully saturated rings. The Morgan fingerprint density at radius 2 is 0.801 bits per heavy atom. The number of nitrogens with one attached hydrogen (secondary N) is 3. The van der Waals surface area contributed by atoms with Crippen LogP contribution in [-0.4, -0.2) is 144 Å². The summed E-state index contributed by atoms with van der Waals surface area (Å²) in [5.41, 5.74) is 20.3. The molecule has 18 aromatic rings. The molecule has 2 aliphatic heterocycles. The fraction of sp³-hybridized carbons (Fsp3) is 0.290. The first kappa shape index (κ1) is 105. The van der Waals surface area contributed by atoms with Crippen molar-refractivity contribution in [1.29, 1.82) is 0 Å². The van der Waals surface area contributed by atoms with Crippen LogP contribution in [0.2, 0.25) is 20.1 Å². The number of halogens is 7. The smallest absolute Gasteiger partial charge is 0.537 e. The number of aryl methyl sites for hydroxylation is 2. The van der Waals surface area contributed by atoms with Crippen LogP contribution in [0.1, 0.15) is 172 Å². The minimum Gasteiger partial charge on any atom is -0.537 e. The van der Waals surface area contributed by atoms with Crippen LogP contribution in [0.15, 0.2) is 244 Å². The van der Waals surface area contributed by atoms with E-state index in [4.69, 9.17) is 56.1 Å². The van der Waals surface area contributed by atoms with Gasteiger partial charge in [-0.25, -0.2) is 19.2 Å². The minimum atomic E-state index is -0.468. The molecule has 0 bridgehead atoms. The molecule has 0 unspecified atom stereocenters. The van der Waals surface area contributed by atoms with E-state index in [0.29, 0.717) is 70.1 Å². The van der Waals surface area contributed by atoms with Gasteiger partial charge in [0.2, 0.25) is 0 Å². The molecular weight excluding hydrogens is 2060 g/mol. The van der Waals surface area contributed by atoms with Crippen molar-refractivity contribution in [3.05, 3.63) is 326 Å². The maximum absolute atomic E-state index is 13.8. The molecule has 141 heavy (non-hydrogen) atoms. The Morgan fingerprint density at radius 3 is 1.23 bits per heavy atom. The van der Waals surface area contributed by atoms with Crippen LogP contribution >= 0.6 is 94.2 Å². The van der Waals surface area contributed by atoms with Gasteiger partial charge in [0, 0.05) is 71.7 Å². The Bertz CT molecular complexity index is 7910. The third kappa shape index (κ3) is 22.8. The number of aromatic nitrogens is 15. The first-order valence-corrected chi connectivity index (χ1v) is 51.0. The van der Waals surface area contributed by atoms with Crippen molar-refractivity contribution < 1.29 is 9.68 Å². The molecule has 0 atom stereocenters. The van der Waals surface area contributed by atoms with Crippen molar-refractivity contribution in [2.75, 3.05) is 62.7 Å². The summed E-state index contributed by atoms with van der Waals surface area (Å²) in [4.78, 5) is 87.9. The van der Waals surface area contributed by atoms with Crippen LogP contribution in [0.25, 0.3) is 116 Å². The average Bonchev–Trinajstić information content (AvgIpc) is 1.69. The summed E-state index contributed by atoms with van der Waals surface area (Å²) in [5, 5.41) is 38.0. The summed E-state index contributed by atoms with van der Waals surface area (Å²) >= 11 is 36.4. The summed E-state index contributed by atoms with van der Waals surface area (Å²) in [7, 11) is 2.18. The van der Waals surface area contributed by atoms with Crippen molar-refractivity contribution in [2.45, 2.75) is 152 Å². The highest BCUT2D eigenvalue weighted by molar-refractivity contribution is 9.11. The third-order valence-electron chi connectivity index (χ3n) is 25.2. The van der Waals surface area contributed by atoms with Crippen molar-refractivity contribution in [3.63, 3.8) is 0 Å². The predicted molar refractivity (Wildman–Crippen MR) is 589 cm³/mol. The first-order valence-electron chi connectivity index (χ1n) is 47.1. The van der Waals surface area contributed by atoms with Crippen LogP contribution in [0.3, 0.4) is 0 Å². The van der Waals surface area contributed by atoms with E-state index in [1.54, 1.807) is 42.8 Å². The van der Waals surface area contributed by atoms with Gasteiger partial charge in [0.05, 0.1) is 99.6 Å². The quantitative estimate of drug-likeness (QED) is 0.0529. The second-order valence-electron chi connectivity index (χ2n) is 35.4. The van der Waals surface area contributed by atoms with Gasteiger partial charge in [-0.3, -0.25) is 38.2 Å². The lowest BCUT2D eigenvalue weighted by Crippen LogP contribution is -2.34. The van der Waals surface area contributed by atoms with E-state index in [-0.39, 0.29) is 35.1 Å². The molecule has 2 aliphatic rings. The molecule has 1 radical (unpaired) electrons. The Labute approximate surface area is 863 Å². The zero-order chi connectivity index (χ0) is 101. The SMILES string of the molecule is CC(C)c1ccccc1-n1c(=O)[nH]c(=O)c2cc(Cl)c(Br)cc21.CC(C)c1ccccc1-n1c(=O)nc(-n2nnc3ccccc32)c2cc(Cl)c(Br)cc21.CC(C)c1ccccc1-n1c(=O)nc(N2CCCCC2)c2cc(Cl)c(Br)cc21.CCN(CC)CC.CN.Cc1ccc2[nH]ncc2c1-c1cc2c(cc1Cl)c(N1CCCCC1)nc(=O)n2-c1ccccc1C(C)C.Cc1ccc2[nH]ncc2c1O[B]O. The van der Waals surface area contributed by atoms with Crippen LogP contribution in [0.4, 0.5) is 11.6 Å². The molecule has 729 valence electrons. The second-order valence-corrected chi connectivity index (χ2v) is 39.6. The zero-order valence-electron chi connectivity index (χ0n) is 81.0. The van der Waals surface area contributed by atoms with Crippen molar-refractivity contribution in [1.82, 2.24) is 78.5 Å². The van der Waals surface area contributed by atoms with Crippen LogP contribution in [-0.2, 0) is 0 Å².